The number of amides is 1. The van der Waals surface area contributed by atoms with E-state index < -0.39 is 10.0 Å². The van der Waals surface area contributed by atoms with Crippen LogP contribution in [0.2, 0.25) is 0 Å². The number of carbonyl (C=O) groups is 1. The Morgan fingerprint density at radius 2 is 2.07 bits per heavy atom. The summed E-state index contributed by atoms with van der Waals surface area (Å²) in [5.74, 6) is 0.457. The van der Waals surface area contributed by atoms with Crippen LogP contribution in [0.3, 0.4) is 0 Å². The standard InChI is InChI=1S/C18H20N4O5S/c23-18(14-6-10-26-12-14)19-11-13-4-8-22(9-5-13)28(24,25)17-2-1-16(27-17)15-3-7-20-21-15/h1-3,6-7,10,12-13H,4-5,8-9,11H2,(H,19,23)(H,20,21). The van der Waals surface area contributed by atoms with Gasteiger partial charge >= 0.3 is 0 Å². The molecule has 4 rings (SSSR count). The summed E-state index contributed by atoms with van der Waals surface area (Å²) in [6.45, 7) is 1.27. The fraction of sp³-hybridized carbons (Fsp3) is 0.333. The molecule has 1 aliphatic heterocycles. The van der Waals surface area contributed by atoms with Gasteiger partial charge in [0.2, 0.25) is 5.09 Å². The molecule has 0 unspecified atom stereocenters. The molecule has 0 radical (unpaired) electrons. The van der Waals surface area contributed by atoms with Gasteiger partial charge in [-0.1, -0.05) is 0 Å². The van der Waals surface area contributed by atoms with Gasteiger partial charge in [-0.05, 0) is 43.0 Å². The number of carbonyl (C=O) groups excluding carboxylic acids is 1. The Balaban J connectivity index is 1.33. The summed E-state index contributed by atoms with van der Waals surface area (Å²) in [6, 6.07) is 6.38. The Morgan fingerprint density at radius 1 is 1.25 bits per heavy atom. The number of H-pyrrole nitrogens is 1. The van der Waals surface area contributed by atoms with Crippen molar-refractivity contribution in [3.63, 3.8) is 0 Å². The van der Waals surface area contributed by atoms with Gasteiger partial charge in [-0.25, -0.2) is 8.42 Å². The van der Waals surface area contributed by atoms with Gasteiger partial charge < -0.3 is 14.2 Å². The fourth-order valence-electron chi connectivity index (χ4n) is 3.21. The van der Waals surface area contributed by atoms with E-state index in [-0.39, 0.29) is 16.9 Å². The van der Waals surface area contributed by atoms with Crippen molar-refractivity contribution in [2.75, 3.05) is 19.6 Å². The van der Waals surface area contributed by atoms with E-state index >= 15 is 0 Å². The Kier molecular flexibility index (Phi) is 5.05. The third-order valence-corrected chi connectivity index (χ3v) is 6.62. The van der Waals surface area contributed by atoms with Crippen molar-refractivity contribution in [3.05, 3.63) is 48.6 Å². The van der Waals surface area contributed by atoms with Gasteiger partial charge in [0.25, 0.3) is 15.9 Å². The molecule has 3 aromatic rings. The van der Waals surface area contributed by atoms with Gasteiger partial charge in [0.05, 0.1) is 11.8 Å². The maximum atomic E-state index is 12.8. The van der Waals surface area contributed by atoms with Gasteiger partial charge in [-0.2, -0.15) is 9.40 Å². The molecule has 0 aromatic carbocycles. The van der Waals surface area contributed by atoms with E-state index in [0.29, 0.717) is 49.5 Å². The predicted molar refractivity (Wildman–Crippen MR) is 98.8 cm³/mol. The van der Waals surface area contributed by atoms with Crippen molar-refractivity contribution in [1.29, 1.82) is 0 Å². The molecule has 1 amide bonds. The number of nitrogens with one attached hydrogen (secondary N) is 2. The number of sulfonamides is 1. The molecule has 10 heteroatoms. The first-order valence-corrected chi connectivity index (χ1v) is 10.4. The summed E-state index contributed by atoms with van der Waals surface area (Å²) in [7, 11) is -3.69. The Hall–Kier alpha value is -2.85. The third-order valence-electron chi connectivity index (χ3n) is 4.85. The molecule has 3 aromatic heterocycles. The minimum absolute atomic E-state index is 0.0798. The van der Waals surface area contributed by atoms with Gasteiger partial charge in [-0.3, -0.25) is 9.89 Å². The number of furan rings is 2. The van der Waals surface area contributed by atoms with Crippen LogP contribution in [0.25, 0.3) is 11.5 Å². The highest BCUT2D eigenvalue weighted by Gasteiger charge is 2.32. The van der Waals surface area contributed by atoms with Gasteiger partial charge in [0.15, 0.2) is 5.76 Å². The van der Waals surface area contributed by atoms with E-state index in [4.69, 9.17) is 8.83 Å². The lowest BCUT2D eigenvalue weighted by molar-refractivity contribution is 0.0941. The summed E-state index contributed by atoms with van der Waals surface area (Å²) in [5.41, 5.74) is 1.10. The Bertz CT molecular complexity index is 1020. The molecule has 0 atom stereocenters. The van der Waals surface area contributed by atoms with E-state index in [1.54, 1.807) is 24.4 Å². The van der Waals surface area contributed by atoms with Crippen LogP contribution in [-0.4, -0.2) is 48.5 Å². The van der Waals surface area contributed by atoms with Crippen LogP contribution in [0.15, 0.2) is 56.9 Å². The van der Waals surface area contributed by atoms with Gasteiger partial charge in [0.1, 0.15) is 12.0 Å². The second-order valence-electron chi connectivity index (χ2n) is 6.66. The number of rotatable bonds is 6. The normalized spacial score (nSPS) is 16.3. The molecule has 2 N–H and O–H groups in total. The van der Waals surface area contributed by atoms with Crippen LogP contribution < -0.4 is 5.32 Å². The van der Waals surface area contributed by atoms with Gasteiger partial charge in [0, 0.05) is 25.8 Å². The molecule has 1 saturated heterocycles. The maximum Gasteiger partial charge on any atom is 0.276 e. The van der Waals surface area contributed by atoms with E-state index in [9.17, 15) is 13.2 Å². The summed E-state index contributed by atoms with van der Waals surface area (Å²) < 4.78 is 37.5. The Morgan fingerprint density at radius 3 is 2.75 bits per heavy atom. The summed E-state index contributed by atoms with van der Waals surface area (Å²) in [5, 5.41) is 9.36. The number of nitrogens with zero attached hydrogens (tertiary/aromatic N) is 2. The highest BCUT2D eigenvalue weighted by atomic mass is 32.2. The molecule has 1 fully saturated rings. The summed E-state index contributed by atoms with van der Waals surface area (Å²) >= 11 is 0. The lowest BCUT2D eigenvalue weighted by Gasteiger charge is -2.30. The van der Waals surface area contributed by atoms with Crippen LogP contribution in [0.1, 0.15) is 23.2 Å². The number of piperidine rings is 1. The molecule has 148 valence electrons. The third kappa shape index (κ3) is 3.73. The molecule has 4 heterocycles. The number of hydrogen-bond acceptors (Lipinski definition) is 6. The second-order valence-corrected chi connectivity index (χ2v) is 8.53. The first kappa shape index (κ1) is 18.5. The first-order chi connectivity index (χ1) is 13.5. The van der Waals surface area contributed by atoms with Crippen LogP contribution in [0.4, 0.5) is 0 Å². The van der Waals surface area contributed by atoms with Gasteiger partial charge in [-0.15, -0.1) is 0 Å². The second kappa shape index (κ2) is 7.64. The molecule has 1 aliphatic rings. The number of hydrogen-bond donors (Lipinski definition) is 2. The predicted octanol–water partition coefficient (Wildman–Crippen LogP) is 2.09. The lowest BCUT2D eigenvalue weighted by Crippen LogP contribution is -2.41. The largest absolute Gasteiger partial charge is 0.472 e. The molecule has 0 saturated carbocycles. The number of aromatic amines is 1. The molecule has 0 bridgehead atoms. The van der Waals surface area contributed by atoms with Crippen LogP contribution in [0, 0.1) is 5.92 Å². The van der Waals surface area contributed by atoms with E-state index in [0.717, 1.165) is 0 Å². The molecule has 9 nitrogen and oxygen atoms in total. The smallest absolute Gasteiger partial charge is 0.276 e. The lowest BCUT2D eigenvalue weighted by atomic mass is 9.98. The minimum Gasteiger partial charge on any atom is -0.472 e. The van der Waals surface area contributed by atoms with Crippen molar-refractivity contribution >= 4 is 15.9 Å². The average Bonchev–Trinajstić information content (AvgIpc) is 3.47. The quantitative estimate of drug-likeness (QED) is 0.649. The fourth-order valence-corrected chi connectivity index (χ4v) is 4.59. The SMILES string of the molecule is O=C(NCC1CCN(S(=O)(=O)c2ccc(-c3ccn[nH]3)o2)CC1)c1ccoc1. The van der Waals surface area contributed by atoms with E-state index in [1.807, 2.05) is 0 Å². The average molecular weight is 404 g/mol. The zero-order chi connectivity index (χ0) is 19.6. The monoisotopic (exact) mass is 404 g/mol. The van der Waals surface area contributed by atoms with E-state index in [2.05, 4.69) is 15.5 Å². The molecule has 0 spiro atoms. The Labute approximate surface area is 161 Å². The van der Waals surface area contributed by atoms with Crippen LogP contribution in [-0.2, 0) is 10.0 Å². The van der Waals surface area contributed by atoms with Crippen LogP contribution in [0.5, 0.6) is 0 Å². The molecular formula is C18H20N4O5S. The summed E-state index contributed by atoms with van der Waals surface area (Å²) in [4.78, 5) is 12.0. The molecule has 28 heavy (non-hydrogen) atoms. The minimum atomic E-state index is -3.69. The number of aromatic nitrogens is 2. The maximum absolute atomic E-state index is 12.8. The van der Waals surface area contributed by atoms with Crippen molar-refractivity contribution in [3.8, 4) is 11.5 Å². The van der Waals surface area contributed by atoms with Crippen molar-refractivity contribution < 1.29 is 22.0 Å². The van der Waals surface area contributed by atoms with Crippen molar-refractivity contribution in [2.45, 2.75) is 17.9 Å². The zero-order valence-corrected chi connectivity index (χ0v) is 15.8. The van der Waals surface area contributed by atoms with Crippen molar-refractivity contribution in [2.24, 2.45) is 5.92 Å². The van der Waals surface area contributed by atoms with Crippen LogP contribution >= 0.6 is 0 Å². The van der Waals surface area contributed by atoms with E-state index in [1.165, 1.54) is 22.9 Å². The zero-order valence-electron chi connectivity index (χ0n) is 15.0. The van der Waals surface area contributed by atoms with Crippen molar-refractivity contribution in [1.82, 2.24) is 19.8 Å². The highest BCUT2D eigenvalue weighted by molar-refractivity contribution is 7.89. The first-order valence-electron chi connectivity index (χ1n) is 8.94. The highest BCUT2D eigenvalue weighted by Crippen LogP contribution is 2.27. The topological polar surface area (TPSA) is 121 Å². The summed E-state index contributed by atoms with van der Waals surface area (Å²) in [6.07, 6.45) is 5.75. The molecular weight excluding hydrogens is 384 g/mol. The molecule has 0 aliphatic carbocycles.